The maximum Gasteiger partial charge on any atom is 0.276 e. The Balaban J connectivity index is 1.61. The van der Waals surface area contributed by atoms with Gasteiger partial charge >= 0.3 is 0 Å². The van der Waals surface area contributed by atoms with Gasteiger partial charge in [-0.1, -0.05) is 18.2 Å². The van der Waals surface area contributed by atoms with Crippen molar-refractivity contribution in [3.63, 3.8) is 0 Å². The largest absolute Gasteiger partial charge is 0.321 e. The number of carbonyl (C=O) groups is 2. The molecular weight excluding hydrogens is 344 g/mol. The number of nitrogens with zero attached hydrogens (tertiary/aromatic N) is 3. The number of benzene rings is 2. The molecule has 1 aromatic heterocycles. The van der Waals surface area contributed by atoms with Crippen LogP contribution in [-0.4, -0.2) is 28.1 Å². The van der Waals surface area contributed by atoms with Crippen LogP contribution in [0.1, 0.15) is 23.3 Å². The Labute approximate surface area is 155 Å². The topological polar surface area (TPSA) is 84.3 Å². The molecule has 1 aliphatic rings. The molecule has 3 aromatic rings. The fourth-order valence-corrected chi connectivity index (χ4v) is 3.30. The lowest BCUT2D eigenvalue weighted by molar-refractivity contribution is -0.117. The average Bonchev–Trinajstić information content (AvgIpc) is 3.11. The molecule has 0 radical (unpaired) electrons. The van der Waals surface area contributed by atoms with E-state index in [1.165, 1.54) is 11.7 Å². The van der Waals surface area contributed by atoms with Gasteiger partial charge in [0.2, 0.25) is 5.91 Å². The Morgan fingerprint density at radius 1 is 1.04 bits per heavy atom. The molecule has 7 heteroatoms. The summed E-state index contributed by atoms with van der Waals surface area (Å²) < 4.78 is 1.17. The van der Waals surface area contributed by atoms with Crippen molar-refractivity contribution < 1.29 is 9.59 Å². The van der Waals surface area contributed by atoms with Gasteiger partial charge in [0.25, 0.3) is 11.5 Å². The van der Waals surface area contributed by atoms with E-state index in [1.54, 1.807) is 41.3 Å². The van der Waals surface area contributed by atoms with Gasteiger partial charge in [0.1, 0.15) is 0 Å². The lowest BCUT2D eigenvalue weighted by Gasteiger charge is -2.16. The minimum Gasteiger partial charge on any atom is -0.321 e. The van der Waals surface area contributed by atoms with Gasteiger partial charge in [-0.15, -0.1) is 0 Å². The number of rotatable bonds is 3. The molecule has 0 spiro atoms. The highest BCUT2D eigenvalue weighted by molar-refractivity contribution is 6.11. The van der Waals surface area contributed by atoms with Gasteiger partial charge in [-0.05, 0) is 36.8 Å². The van der Waals surface area contributed by atoms with Crippen LogP contribution in [0.15, 0.2) is 53.3 Å². The second-order valence-electron chi connectivity index (χ2n) is 6.47. The molecule has 0 unspecified atom stereocenters. The summed E-state index contributed by atoms with van der Waals surface area (Å²) in [6.07, 6.45) is 1.44. The second kappa shape index (κ2) is 6.68. The van der Waals surface area contributed by atoms with Crippen molar-refractivity contribution in [3.8, 4) is 0 Å². The highest BCUT2D eigenvalue weighted by Crippen LogP contribution is 2.23. The number of carbonyl (C=O) groups excluding carboxylic acids is 2. The molecule has 2 amide bonds. The first-order valence-electron chi connectivity index (χ1n) is 8.72. The van der Waals surface area contributed by atoms with E-state index in [0.717, 1.165) is 18.7 Å². The third-order valence-corrected chi connectivity index (χ3v) is 4.68. The molecule has 136 valence electrons. The van der Waals surface area contributed by atoms with E-state index in [1.807, 2.05) is 12.1 Å². The summed E-state index contributed by atoms with van der Waals surface area (Å²) >= 11 is 0. The zero-order valence-corrected chi connectivity index (χ0v) is 14.8. The highest BCUT2D eigenvalue weighted by atomic mass is 16.2. The molecule has 27 heavy (non-hydrogen) atoms. The first-order valence-corrected chi connectivity index (χ1v) is 8.72. The quantitative estimate of drug-likeness (QED) is 0.775. The molecule has 2 heterocycles. The van der Waals surface area contributed by atoms with Gasteiger partial charge in [-0.2, -0.15) is 5.10 Å². The molecule has 0 bridgehead atoms. The van der Waals surface area contributed by atoms with E-state index >= 15 is 0 Å². The second-order valence-corrected chi connectivity index (χ2v) is 6.47. The summed E-state index contributed by atoms with van der Waals surface area (Å²) in [5, 5.41) is 7.89. The van der Waals surface area contributed by atoms with Crippen molar-refractivity contribution in [2.75, 3.05) is 16.8 Å². The number of anilines is 2. The number of hydrogen-bond donors (Lipinski definition) is 1. The van der Waals surface area contributed by atoms with Crippen molar-refractivity contribution in [1.29, 1.82) is 0 Å². The molecule has 0 atom stereocenters. The van der Waals surface area contributed by atoms with E-state index in [0.29, 0.717) is 22.9 Å². The van der Waals surface area contributed by atoms with Crippen molar-refractivity contribution in [1.82, 2.24) is 9.78 Å². The van der Waals surface area contributed by atoms with Crippen LogP contribution in [0.5, 0.6) is 0 Å². The monoisotopic (exact) mass is 362 g/mol. The first-order chi connectivity index (χ1) is 13.0. The molecule has 0 saturated carbocycles. The Bertz CT molecular complexity index is 1100. The van der Waals surface area contributed by atoms with Crippen LogP contribution in [0.2, 0.25) is 0 Å². The fraction of sp³-hybridized carbons (Fsp3) is 0.200. The van der Waals surface area contributed by atoms with Crippen LogP contribution < -0.4 is 15.8 Å². The zero-order chi connectivity index (χ0) is 19.0. The number of amides is 2. The summed E-state index contributed by atoms with van der Waals surface area (Å²) in [5.74, 6) is -0.278. The van der Waals surface area contributed by atoms with Crippen molar-refractivity contribution in [3.05, 3.63) is 64.6 Å². The number of fused-ring (bicyclic) bond motifs is 1. The number of aryl methyl sites for hydroxylation is 1. The molecule has 1 N–H and O–H groups in total. The van der Waals surface area contributed by atoms with Crippen molar-refractivity contribution in [2.24, 2.45) is 7.05 Å². The van der Waals surface area contributed by atoms with E-state index in [4.69, 9.17) is 0 Å². The van der Waals surface area contributed by atoms with Crippen LogP contribution in [0.25, 0.3) is 10.8 Å². The first kappa shape index (κ1) is 17.0. The minimum atomic E-state index is -0.396. The van der Waals surface area contributed by atoms with Gasteiger partial charge in [0.05, 0.1) is 5.39 Å². The van der Waals surface area contributed by atoms with Crippen LogP contribution in [-0.2, 0) is 11.8 Å². The zero-order valence-electron chi connectivity index (χ0n) is 14.8. The average molecular weight is 362 g/mol. The molecule has 7 nitrogen and oxygen atoms in total. The molecule has 4 rings (SSSR count). The van der Waals surface area contributed by atoms with E-state index < -0.39 is 5.91 Å². The predicted octanol–water partition coefficient (Wildman–Crippen LogP) is 2.31. The Hall–Kier alpha value is -3.48. The van der Waals surface area contributed by atoms with Gasteiger partial charge in [0, 0.05) is 36.8 Å². The summed E-state index contributed by atoms with van der Waals surface area (Å²) in [4.78, 5) is 38.5. The molecule has 1 fully saturated rings. The lowest BCUT2D eigenvalue weighted by Crippen LogP contribution is -2.25. The molecular formula is C20H18N4O3. The highest BCUT2D eigenvalue weighted by Gasteiger charge is 2.21. The lowest BCUT2D eigenvalue weighted by atomic mass is 10.1. The number of hydrogen-bond acceptors (Lipinski definition) is 4. The standard InChI is InChI=1S/C20H18N4O3/c1-23-20(27)16-6-3-2-5-15(16)18(22-23)19(26)21-13-8-10-14(11-9-13)24-12-4-7-17(24)25/h2-3,5-6,8-11H,4,7,12H2,1H3,(H,21,26). The SMILES string of the molecule is Cn1nc(C(=O)Nc2ccc(N3CCCC3=O)cc2)c2ccccc2c1=O. The van der Waals surface area contributed by atoms with Gasteiger partial charge in [-0.3, -0.25) is 14.4 Å². The van der Waals surface area contributed by atoms with Gasteiger partial charge in [-0.25, -0.2) is 4.68 Å². The maximum absolute atomic E-state index is 12.7. The summed E-state index contributed by atoms with van der Waals surface area (Å²) in [6, 6.07) is 14.0. The molecule has 1 aliphatic heterocycles. The maximum atomic E-state index is 12.7. The number of aromatic nitrogens is 2. The van der Waals surface area contributed by atoms with Crippen LogP contribution >= 0.6 is 0 Å². The minimum absolute atomic E-state index is 0.118. The van der Waals surface area contributed by atoms with Gasteiger partial charge in [0.15, 0.2) is 5.69 Å². The van der Waals surface area contributed by atoms with E-state index in [2.05, 4.69) is 10.4 Å². The van der Waals surface area contributed by atoms with Crippen LogP contribution in [0.4, 0.5) is 11.4 Å². The van der Waals surface area contributed by atoms with Crippen LogP contribution in [0.3, 0.4) is 0 Å². The van der Waals surface area contributed by atoms with Crippen molar-refractivity contribution in [2.45, 2.75) is 12.8 Å². The number of nitrogens with one attached hydrogen (secondary N) is 1. The Kier molecular flexibility index (Phi) is 4.19. The van der Waals surface area contributed by atoms with Crippen molar-refractivity contribution >= 4 is 34.0 Å². The summed E-state index contributed by atoms with van der Waals surface area (Å²) in [6.45, 7) is 0.721. The third-order valence-electron chi connectivity index (χ3n) is 4.68. The van der Waals surface area contributed by atoms with E-state index in [9.17, 15) is 14.4 Å². The van der Waals surface area contributed by atoms with E-state index in [-0.39, 0.29) is 17.2 Å². The fourth-order valence-electron chi connectivity index (χ4n) is 3.30. The van der Waals surface area contributed by atoms with Crippen LogP contribution in [0, 0.1) is 0 Å². The molecule has 0 aliphatic carbocycles. The Morgan fingerprint density at radius 3 is 2.41 bits per heavy atom. The third kappa shape index (κ3) is 3.08. The molecule has 2 aromatic carbocycles. The smallest absolute Gasteiger partial charge is 0.276 e. The Morgan fingerprint density at radius 2 is 1.74 bits per heavy atom. The predicted molar refractivity (Wildman–Crippen MR) is 103 cm³/mol. The normalized spacial score (nSPS) is 14.0. The summed E-state index contributed by atoms with van der Waals surface area (Å²) in [5.41, 5.74) is 1.35. The van der Waals surface area contributed by atoms with Gasteiger partial charge < -0.3 is 10.2 Å². The summed E-state index contributed by atoms with van der Waals surface area (Å²) in [7, 11) is 1.52. The molecule has 1 saturated heterocycles.